The van der Waals surface area contributed by atoms with Gasteiger partial charge in [0, 0.05) is 17.4 Å². The molecule has 0 radical (unpaired) electrons. The van der Waals surface area contributed by atoms with E-state index in [-0.39, 0.29) is 17.2 Å². The minimum atomic E-state index is -0.00547. The molecule has 0 saturated carbocycles. The topological polar surface area (TPSA) is 106 Å². The molecule has 0 fully saturated rings. The van der Waals surface area contributed by atoms with Crippen LogP contribution in [0.3, 0.4) is 0 Å². The van der Waals surface area contributed by atoms with Crippen LogP contribution in [0.1, 0.15) is 35.0 Å². The van der Waals surface area contributed by atoms with Gasteiger partial charge in [0.05, 0.1) is 10.6 Å². The van der Waals surface area contributed by atoms with Crippen molar-refractivity contribution in [1.82, 2.24) is 4.98 Å². The Kier molecular flexibility index (Phi) is 4.19. The van der Waals surface area contributed by atoms with E-state index in [1.165, 1.54) is 11.3 Å². The highest BCUT2D eigenvalue weighted by atomic mass is 32.1. The lowest BCUT2D eigenvalue weighted by Gasteiger charge is -2.09. The molecule has 3 aromatic rings. The van der Waals surface area contributed by atoms with Crippen LogP contribution in [0.25, 0.3) is 21.3 Å². The van der Waals surface area contributed by atoms with Crippen molar-refractivity contribution in [3.63, 3.8) is 0 Å². The minimum Gasteiger partial charge on any atom is -0.397 e. The predicted octanol–water partition coefficient (Wildman–Crippen LogP) is 3.98. The second-order valence-corrected chi connectivity index (χ2v) is 6.42. The molecule has 1 aromatic carbocycles. The van der Waals surface area contributed by atoms with Crippen molar-refractivity contribution >= 4 is 38.8 Å². The summed E-state index contributed by atoms with van der Waals surface area (Å²) in [5.41, 5.74) is 14.4. The van der Waals surface area contributed by atoms with Gasteiger partial charge in [0.1, 0.15) is 22.3 Å². The number of benzene rings is 1. The number of fused-ring (bicyclic) bond motifs is 1. The van der Waals surface area contributed by atoms with E-state index in [0.717, 1.165) is 12.0 Å². The summed E-state index contributed by atoms with van der Waals surface area (Å²) in [7, 11) is 0. The first kappa shape index (κ1) is 16.0. The highest BCUT2D eigenvalue weighted by Crippen LogP contribution is 2.42. The van der Waals surface area contributed by atoms with Crippen molar-refractivity contribution in [2.75, 3.05) is 11.5 Å². The molecule has 0 amide bonds. The van der Waals surface area contributed by atoms with E-state index in [2.05, 4.69) is 11.1 Å². The van der Waals surface area contributed by atoms with Crippen LogP contribution in [0.15, 0.2) is 30.3 Å². The Balaban J connectivity index is 2.40. The van der Waals surface area contributed by atoms with Gasteiger partial charge in [-0.1, -0.05) is 37.3 Å². The first-order valence-corrected chi connectivity index (χ1v) is 8.40. The largest absolute Gasteiger partial charge is 0.397 e. The zero-order valence-corrected chi connectivity index (χ0v) is 14.0. The number of nitriles is 1. The van der Waals surface area contributed by atoms with Gasteiger partial charge in [0.15, 0.2) is 5.78 Å². The predicted molar refractivity (Wildman–Crippen MR) is 97.8 cm³/mol. The normalized spacial score (nSPS) is 10.7. The van der Waals surface area contributed by atoms with Crippen LogP contribution in [0.2, 0.25) is 0 Å². The number of aromatic nitrogens is 1. The highest BCUT2D eigenvalue weighted by molar-refractivity contribution is 7.21. The van der Waals surface area contributed by atoms with E-state index in [1.807, 2.05) is 37.3 Å². The molecule has 120 valence electrons. The number of thiophene rings is 1. The zero-order chi connectivity index (χ0) is 17.3. The van der Waals surface area contributed by atoms with Crippen molar-refractivity contribution in [3.05, 3.63) is 40.8 Å². The number of hydrogen-bond donors (Lipinski definition) is 2. The SMILES string of the molecule is CCCC(=O)c1sc2nc(N)c(C#N)c(-c3ccccc3)c2c1N. The molecule has 3 rings (SSSR count). The number of hydrogen-bond acceptors (Lipinski definition) is 6. The van der Waals surface area contributed by atoms with Gasteiger partial charge >= 0.3 is 0 Å². The fourth-order valence-corrected chi connectivity index (χ4v) is 3.80. The van der Waals surface area contributed by atoms with Crippen LogP contribution in [-0.2, 0) is 0 Å². The summed E-state index contributed by atoms with van der Waals surface area (Å²) in [6, 6.07) is 11.6. The Morgan fingerprint density at radius 2 is 2.00 bits per heavy atom. The molecule has 5 nitrogen and oxygen atoms in total. The molecule has 2 aromatic heterocycles. The quantitative estimate of drug-likeness (QED) is 0.701. The Bertz CT molecular complexity index is 970. The Hall–Kier alpha value is -2.91. The van der Waals surface area contributed by atoms with Crippen molar-refractivity contribution in [2.45, 2.75) is 19.8 Å². The fraction of sp³-hybridized carbons (Fsp3) is 0.167. The third kappa shape index (κ3) is 2.49. The van der Waals surface area contributed by atoms with Crippen LogP contribution in [-0.4, -0.2) is 10.8 Å². The van der Waals surface area contributed by atoms with E-state index in [0.29, 0.717) is 32.8 Å². The van der Waals surface area contributed by atoms with Crippen LogP contribution in [0.4, 0.5) is 11.5 Å². The molecule has 0 aliphatic carbocycles. The molecular formula is C18H16N4OS. The zero-order valence-electron chi connectivity index (χ0n) is 13.2. The molecule has 0 aliphatic rings. The molecule has 6 heteroatoms. The number of Topliss-reactive ketones (excluding diaryl/α,β-unsaturated/α-hetero) is 1. The first-order valence-electron chi connectivity index (χ1n) is 7.58. The number of anilines is 2. The third-order valence-corrected chi connectivity index (χ3v) is 4.95. The summed E-state index contributed by atoms with van der Waals surface area (Å²) in [6.45, 7) is 1.95. The number of ketones is 1. The van der Waals surface area contributed by atoms with Crippen LogP contribution in [0.5, 0.6) is 0 Å². The van der Waals surface area contributed by atoms with Crippen LogP contribution < -0.4 is 11.5 Å². The molecule has 0 atom stereocenters. The summed E-state index contributed by atoms with van der Waals surface area (Å²) in [4.78, 5) is 17.7. The van der Waals surface area contributed by atoms with Gasteiger partial charge < -0.3 is 11.5 Å². The maximum atomic E-state index is 12.3. The Labute approximate surface area is 143 Å². The van der Waals surface area contributed by atoms with Gasteiger partial charge in [-0.25, -0.2) is 4.98 Å². The van der Waals surface area contributed by atoms with Gasteiger partial charge in [-0.2, -0.15) is 5.26 Å². The van der Waals surface area contributed by atoms with E-state index in [9.17, 15) is 10.1 Å². The standard InChI is InChI=1S/C18H16N4OS/c1-2-6-12(23)16-15(20)14-13(10-7-4-3-5-8-10)11(9-19)17(21)22-18(14)24-16/h3-5,7-8H,2,6,20H2,1H3,(H2,21,22). The number of nitrogens with two attached hydrogens (primary N) is 2. The van der Waals surface area contributed by atoms with E-state index in [1.54, 1.807) is 0 Å². The van der Waals surface area contributed by atoms with Crippen molar-refractivity contribution in [3.8, 4) is 17.2 Å². The third-order valence-electron chi connectivity index (χ3n) is 3.81. The van der Waals surface area contributed by atoms with E-state index < -0.39 is 0 Å². The number of nitrogen functional groups attached to an aromatic ring is 2. The molecule has 0 unspecified atom stereocenters. The smallest absolute Gasteiger partial charge is 0.174 e. The minimum absolute atomic E-state index is 0.00547. The second kappa shape index (κ2) is 6.30. The molecule has 0 saturated heterocycles. The lowest BCUT2D eigenvalue weighted by atomic mass is 9.97. The van der Waals surface area contributed by atoms with Gasteiger partial charge in [-0.05, 0) is 12.0 Å². The Morgan fingerprint density at radius 3 is 2.62 bits per heavy atom. The van der Waals surface area contributed by atoms with Crippen molar-refractivity contribution in [2.24, 2.45) is 0 Å². The number of carbonyl (C=O) groups excluding carboxylic acids is 1. The first-order chi connectivity index (χ1) is 11.6. The lowest BCUT2D eigenvalue weighted by molar-refractivity contribution is 0.0986. The number of nitrogens with zero attached hydrogens (tertiary/aromatic N) is 2. The lowest BCUT2D eigenvalue weighted by Crippen LogP contribution is -2.01. The van der Waals surface area contributed by atoms with Crippen LogP contribution in [0, 0.1) is 11.3 Å². The summed E-state index contributed by atoms with van der Waals surface area (Å²) in [5, 5.41) is 10.2. The average molecular weight is 336 g/mol. The van der Waals surface area contributed by atoms with E-state index >= 15 is 0 Å². The molecular weight excluding hydrogens is 320 g/mol. The van der Waals surface area contributed by atoms with Gasteiger partial charge in [0.25, 0.3) is 0 Å². The molecule has 2 heterocycles. The molecule has 24 heavy (non-hydrogen) atoms. The highest BCUT2D eigenvalue weighted by Gasteiger charge is 2.23. The van der Waals surface area contributed by atoms with Crippen molar-refractivity contribution < 1.29 is 4.79 Å². The van der Waals surface area contributed by atoms with Crippen molar-refractivity contribution in [1.29, 1.82) is 5.26 Å². The summed E-state index contributed by atoms with van der Waals surface area (Å²) >= 11 is 1.24. The molecule has 0 aliphatic heterocycles. The van der Waals surface area contributed by atoms with Gasteiger partial charge in [-0.3, -0.25) is 4.79 Å². The number of rotatable bonds is 4. The van der Waals surface area contributed by atoms with Gasteiger partial charge in [-0.15, -0.1) is 11.3 Å². The Morgan fingerprint density at radius 1 is 1.29 bits per heavy atom. The number of carbonyl (C=O) groups is 1. The molecule has 4 N–H and O–H groups in total. The maximum absolute atomic E-state index is 12.3. The summed E-state index contributed by atoms with van der Waals surface area (Å²) < 4.78 is 0. The second-order valence-electron chi connectivity index (χ2n) is 5.42. The molecule has 0 bridgehead atoms. The fourth-order valence-electron chi connectivity index (χ4n) is 2.72. The summed E-state index contributed by atoms with van der Waals surface area (Å²) in [5.74, 6) is 0.147. The average Bonchev–Trinajstić information content (AvgIpc) is 2.91. The maximum Gasteiger partial charge on any atom is 0.174 e. The number of pyridine rings is 1. The molecule has 0 spiro atoms. The monoisotopic (exact) mass is 336 g/mol. The summed E-state index contributed by atoms with van der Waals surface area (Å²) in [6.07, 6.45) is 1.18. The van der Waals surface area contributed by atoms with Crippen LogP contribution >= 0.6 is 11.3 Å². The van der Waals surface area contributed by atoms with E-state index in [4.69, 9.17) is 11.5 Å². The van der Waals surface area contributed by atoms with Gasteiger partial charge in [0.2, 0.25) is 0 Å².